The summed E-state index contributed by atoms with van der Waals surface area (Å²) in [6, 6.07) is 3.87. The number of aliphatic hydroxyl groups excluding tert-OH is 1. The Morgan fingerprint density at radius 3 is 2.63 bits per heavy atom. The molecular weight excluding hydrogens is 244 g/mol. The van der Waals surface area contributed by atoms with E-state index >= 15 is 0 Å². The van der Waals surface area contributed by atoms with E-state index in [0.29, 0.717) is 17.3 Å². The summed E-state index contributed by atoms with van der Waals surface area (Å²) in [6.07, 6.45) is 3.39. The third-order valence-corrected chi connectivity index (χ3v) is 3.54. The highest BCUT2D eigenvalue weighted by Gasteiger charge is 2.19. The minimum atomic E-state index is -0.364. The lowest BCUT2D eigenvalue weighted by molar-refractivity contribution is 0.0599. The van der Waals surface area contributed by atoms with E-state index in [4.69, 9.17) is 4.74 Å². The van der Waals surface area contributed by atoms with Gasteiger partial charge in [0.15, 0.2) is 0 Å². The van der Waals surface area contributed by atoms with Crippen LogP contribution in [0.2, 0.25) is 0 Å². The number of esters is 1. The summed E-state index contributed by atoms with van der Waals surface area (Å²) >= 11 is 0. The predicted octanol–water partition coefficient (Wildman–Crippen LogP) is 1.89. The van der Waals surface area contributed by atoms with Crippen LogP contribution >= 0.6 is 0 Å². The molecule has 104 valence electrons. The van der Waals surface area contributed by atoms with Crippen LogP contribution in [0.1, 0.15) is 41.7 Å². The number of aromatic nitrogens is 1. The SMILES string of the molecule is COC(=O)c1ccc(NC2CCC(O)CC2)nc1C. The standard InChI is InChI=1S/C14H20N2O3/c1-9-12(14(18)19-2)7-8-13(15-9)16-10-3-5-11(17)6-4-10/h7-8,10-11,17H,3-6H2,1-2H3,(H,15,16). The molecule has 0 radical (unpaired) electrons. The molecule has 1 aromatic rings. The molecule has 0 aromatic carbocycles. The van der Waals surface area contributed by atoms with E-state index in [-0.39, 0.29) is 12.1 Å². The molecule has 5 nitrogen and oxygen atoms in total. The number of rotatable bonds is 3. The summed E-state index contributed by atoms with van der Waals surface area (Å²) in [4.78, 5) is 15.8. The fourth-order valence-corrected chi connectivity index (χ4v) is 2.40. The monoisotopic (exact) mass is 264 g/mol. The predicted molar refractivity (Wildman–Crippen MR) is 72.2 cm³/mol. The first-order chi connectivity index (χ1) is 9.10. The van der Waals surface area contributed by atoms with Gasteiger partial charge in [0, 0.05) is 6.04 Å². The van der Waals surface area contributed by atoms with E-state index in [1.54, 1.807) is 19.1 Å². The van der Waals surface area contributed by atoms with Crippen molar-refractivity contribution < 1.29 is 14.6 Å². The van der Waals surface area contributed by atoms with Gasteiger partial charge in [0.2, 0.25) is 0 Å². The fourth-order valence-electron chi connectivity index (χ4n) is 2.40. The molecule has 1 aromatic heterocycles. The van der Waals surface area contributed by atoms with Crippen molar-refractivity contribution in [1.82, 2.24) is 4.98 Å². The number of carbonyl (C=O) groups is 1. The van der Waals surface area contributed by atoms with Crippen LogP contribution in [0.5, 0.6) is 0 Å². The molecule has 1 fully saturated rings. The van der Waals surface area contributed by atoms with Gasteiger partial charge in [0.1, 0.15) is 5.82 Å². The molecule has 2 rings (SSSR count). The molecule has 2 N–H and O–H groups in total. The van der Waals surface area contributed by atoms with Gasteiger partial charge in [-0.1, -0.05) is 0 Å². The molecule has 0 bridgehead atoms. The van der Waals surface area contributed by atoms with Gasteiger partial charge < -0.3 is 15.2 Å². The van der Waals surface area contributed by atoms with Crippen LogP contribution in [-0.2, 0) is 4.74 Å². The topological polar surface area (TPSA) is 71.5 Å². The normalized spacial score (nSPS) is 22.9. The zero-order valence-corrected chi connectivity index (χ0v) is 11.3. The second-order valence-corrected chi connectivity index (χ2v) is 4.97. The van der Waals surface area contributed by atoms with E-state index in [1.807, 2.05) is 0 Å². The highest BCUT2D eigenvalue weighted by molar-refractivity contribution is 5.90. The number of ether oxygens (including phenoxy) is 1. The number of anilines is 1. The Morgan fingerprint density at radius 2 is 2.05 bits per heavy atom. The molecule has 5 heteroatoms. The minimum absolute atomic E-state index is 0.158. The zero-order chi connectivity index (χ0) is 13.8. The number of hydrogen-bond donors (Lipinski definition) is 2. The molecular formula is C14H20N2O3. The number of nitrogens with one attached hydrogen (secondary N) is 1. The van der Waals surface area contributed by atoms with Crippen molar-refractivity contribution >= 4 is 11.8 Å². The second-order valence-electron chi connectivity index (χ2n) is 4.97. The second kappa shape index (κ2) is 6.02. The Balaban J connectivity index is 2.02. The maximum absolute atomic E-state index is 11.5. The average Bonchev–Trinajstić information content (AvgIpc) is 2.41. The van der Waals surface area contributed by atoms with Gasteiger partial charge in [-0.2, -0.15) is 0 Å². The molecule has 0 unspecified atom stereocenters. The third kappa shape index (κ3) is 3.44. The number of pyridine rings is 1. The van der Waals surface area contributed by atoms with E-state index in [0.717, 1.165) is 31.5 Å². The Labute approximate surface area is 113 Å². The largest absolute Gasteiger partial charge is 0.465 e. The van der Waals surface area contributed by atoms with Gasteiger partial charge in [0.05, 0.1) is 24.5 Å². The summed E-state index contributed by atoms with van der Waals surface area (Å²) in [5, 5.41) is 12.8. The Hall–Kier alpha value is -1.62. The summed E-state index contributed by atoms with van der Waals surface area (Å²) in [5.74, 6) is 0.406. The molecule has 0 spiro atoms. The minimum Gasteiger partial charge on any atom is -0.465 e. The molecule has 1 saturated carbocycles. The lowest BCUT2D eigenvalue weighted by Crippen LogP contribution is -2.28. The molecule has 0 amide bonds. The van der Waals surface area contributed by atoms with Crippen molar-refractivity contribution in [1.29, 1.82) is 0 Å². The molecule has 19 heavy (non-hydrogen) atoms. The fraction of sp³-hybridized carbons (Fsp3) is 0.571. The number of hydrogen-bond acceptors (Lipinski definition) is 5. The van der Waals surface area contributed by atoms with Crippen molar-refractivity contribution in [2.45, 2.75) is 44.8 Å². The molecule has 1 aliphatic rings. The van der Waals surface area contributed by atoms with Crippen LogP contribution < -0.4 is 5.32 Å². The summed E-state index contributed by atoms with van der Waals surface area (Å²) in [5.41, 5.74) is 1.15. The van der Waals surface area contributed by atoms with E-state index in [9.17, 15) is 9.90 Å². The Kier molecular flexibility index (Phi) is 4.37. The summed E-state index contributed by atoms with van der Waals surface area (Å²) in [6.45, 7) is 1.79. The smallest absolute Gasteiger partial charge is 0.339 e. The first kappa shape index (κ1) is 13.8. The van der Waals surface area contributed by atoms with Crippen LogP contribution in [0.15, 0.2) is 12.1 Å². The summed E-state index contributed by atoms with van der Waals surface area (Å²) in [7, 11) is 1.36. The molecule has 1 heterocycles. The van der Waals surface area contributed by atoms with E-state index in [2.05, 4.69) is 10.3 Å². The van der Waals surface area contributed by atoms with Crippen LogP contribution in [0, 0.1) is 6.92 Å². The Bertz CT molecular complexity index is 454. The third-order valence-electron chi connectivity index (χ3n) is 3.54. The quantitative estimate of drug-likeness (QED) is 0.816. The number of aryl methyl sites for hydroxylation is 1. The van der Waals surface area contributed by atoms with Crippen LogP contribution in [-0.4, -0.2) is 35.3 Å². The van der Waals surface area contributed by atoms with E-state index < -0.39 is 0 Å². The maximum Gasteiger partial charge on any atom is 0.339 e. The van der Waals surface area contributed by atoms with Crippen LogP contribution in [0.3, 0.4) is 0 Å². The molecule has 1 aliphatic carbocycles. The molecule has 0 saturated heterocycles. The molecule has 0 atom stereocenters. The summed E-state index contributed by atoms with van der Waals surface area (Å²) < 4.78 is 4.69. The number of carbonyl (C=O) groups excluding carboxylic acids is 1. The number of nitrogens with zero attached hydrogens (tertiary/aromatic N) is 1. The first-order valence-corrected chi connectivity index (χ1v) is 6.60. The lowest BCUT2D eigenvalue weighted by Gasteiger charge is -2.26. The first-order valence-electron chi connectivity index (χ1n) is 6.60. The van der Waals surface area contributed by atoms with Crippen LogP contribution in [0.25, 0.3) is 0 Å². The van der Waals surface area contributed by atoms with Gasteiger partial charge in [-0.05, 0) is 44.7 Å². The van der Waals surface area contributed by atoms with Crippen molar-refractivity contribution in [2.24, 2.45) is 0 Å². The van der Waals surface area contributed by atoms with Crippen molar-refractivity contribution in [3.8, 4) is 0 Å². The zero-order valence-electron chi connectivity index (χ0n) is 11.3. The number of aliphatic hydroxyl groups is 1. The van der Waals surface area contributed by atoms with Gasteiger partial charge in [-0.25, -0.2) is 9.78 Å². The highest BCUT2D eigenvalue weighted by atomic mass is 16.5. The van der Waals surface area contributed by atoms with Crippen molar-refractivity contribution in [3.63, 3.8) is 0 Å². The molecule has 0 aliphatic heterocycles. The van der Waals surface area contributed by atoms with Gasteiger partial charge >= 0.3 is 5.97 Å². The highest BCUT2D eigenvalue weighted by Crippen LogP contribution is 2.22. The maximum atomic E-state index is 11.5. The van der Waals surface area contributed by atoms with E-state index in [1.165, 1.54) is 7.11 Å². The average molecular weight is 264 g/mol. The van der Waals surface area contributed by atoms with Gasteiger partial charge in [0.25, 0.3) is 0 Å². The lowest BCUT2D eigenvalue weighted by atomic mass is 9.93. The van der Waals surface area contributed by atoms with Crippen molar-refractivity contribution in [2.75, 3.05) is 12.4 Å². The Morgan fingerprint density at radius 1 is 1.37 bits per heavy atom. The van der Waals surface area contributed by atoms with Gasteiger partial charge in [-0.15, -0.1) is 0 Å². The van der Waals surface area contributed by atoms with Crippen molar-refractivity contribution in [3.05, 3.63) is 23.4 Å². The van der Waals surface area contributed by atoms with Gasteiger partial charge in [-0.3, -0.25) is 0 Å². The number of methoxy groups -OCH3 is 1. The van der Waals surface area contributed by atoms with Crippen LogP contribution in [0.4, 0.5) is 5.82 Å².